The minimum Gasteiger partial charge on any atom is -0.301 e. The van der Waals surface area contributed by atoms with Crippen molar-refractivity contribution in [1.29, 1.82) is 5.26 Å². The zero-order valence-corrected chi connectivity index (χ0v) is 13.4. The van der Waals surface area contributed by atoms with Gasteiger partial charge in [0.15, 0.2) is 0 Å². The highest BCUT2D eigenvalue weighted by Gasteiger charge is 2.39. The van der Waals surface area contributed by atoms with Gasteiger partial charge in [0.25, 0.3) is 6.43 Å². The molecule has 1 aromatic rings. The van der Waals surface area contributed by atoms with Crippen LogP contribution in [0.5, 0.6) is 0 Å². The molecule has 2 saturated heterocycles. The maximum atomic E-state index is 12.7. The maximum Gasteiger partial charge on any atom is 0.251 e. The Morgan fingerprint density at radius 2 is 2.04 bits per heavy atom. The molecule has 0 N–H and O–H groups in total. The van der Waals surface area contributed by atoms with Crippen LogP contribution in [0.4, 0.5) is 13.8 Å². The molecule has 0 aromatic carbocycles. The summed E-state index contributed by atoms with van der Waals surface area (Å²) in [4.78, 5) is 18.2. The summed E-state index contributed by atoms with van der Waals surface area (Å²) in [5, 5.41) is 11.6. The van der Waals surface area contributed by atoms with E-state index in [1.54, 1.807) is 15.9 Å². The van der Waals surface area contributed by atoms with E-state index in [1.165, 1.54) is 11.3 Å². The third-order valence-corrected chi connectivity index (χ3v) is 5.37. The van der Waals surface area contributed by atoms with Crippen molar-refractivity contribution in [2.45, 2.75) is 18.9 Å². The van der Waals surface area contributed by atoms with E-state index < -0.39 is 6.43 Å². The van der Waals surface area contributed by atoms with Crippen molar-refractivity contribution in [2.75, 3.05) is 44.2 Å². The molecule has 124 valence electrons. The van der Waals surface area contributed by atoms with Crippen molar-refractivity contribution in [3.8, 4) is 6.07 Å². The highest BCUT2D eigenvalue weighted by Crippen LogP contribution is 2.32. The third kappa shape index (κ3) is 3.37. The summed E-state index contributed by atoms with van der Waals surface area (Å²) >= 11 is 1.40. The maximum absolute atomic E-state index is 12.7. The molecule has 8 heteroatoms. The molecule has 0 unspecified atom stereocenters. The van der Waals surface area contributed by atoms with Crippen LogP contribution in [0.2, 0.25) is 0 Å². The molecule has 2 aliphatic heterocycles. The van der Waals surface area contributed by atoms with E-state index in [9.17, 15) is 13.6 Å². The first-order valence-corrected chi connectivity index (χ1v) is 8.51. The zero-order chi connectivity index (χ0) is 16.4. The van der Waals surface area contributed by atoms with Gasteiger partial charge in [-0.3, -0.25) is 14.6 Å². The highest BCUT2D eigenvalue weighted by molar-refractivity contribution is 7.14. The van der Waals surface area contributed by atoms with Crippen LogP contribution in [0.15, 0.2) is 11.4 Å². The lowest BCUT2D eigenvalue weighted by molar-refractivity contribution is -0.122. The van der Waals surface area contributed by atoms with Crippen LogP contribution in [0, 0.1) is 11.3 Å². The number of halogens is 2. The van der Waals surface area contributed by atoms with E-state index in [-0.39, 0.29) is 18.5 Å². The van der Waals surface area contributed by atoms with Crippen LogP contribution in [0.1, 0.15) is 12.0 Å². The number of amides is 1. The van der Waals surface area contributed by atoms with Gasteiger partial charge in [0.2, 0.25) is 5.91 Å². The first-order chi connectivity index (χ1) is 11.1. The smallest absolute Gasteiger partial charge is 0.251 e. The van der Waals surface area contributed by atoms with E-state index in [4.69, 9.17) is 5.26 Å². The van der Waals surface area contributed by atoms with Crippen LogP contribution >= 0.6 is 11.3 Å². The van der Waals surface area contributed by atoms with Gasteiger partial charge in [-0.15, -0.1) is 11.3 Å². The van der Waals surface area contributed by atoms with E-state index in [0.29, 0.717) is 38.3 Å². The van der Waals surface area contributed by atoms with Crippen molar-refractivity contribution in [3.05, 3.63) is 17.0 Å². The fraction of sp³-hybridized carbons (Fsp3) is 0.600. The quantitative estimate of drug-likeness (QED) is 0.836. The van der Waals surface area contributed by atoms with Crippen LogP contribution in [0.25, 0.3) is 0 Å². The minimum absolute atomic E-state index is 0.0197. The molecule has 0 saturated carbocycles. The number of alkyl halides is 2. The van der Waals surface area contributed by atoms with Crippen LogP contribution in [-0.2, 0) is 4.79 Å². The molecule has 23 heavy (non-hydrogen) atoms. The number of piperazine rings is 1. The minimum atomic E-state index is -2.31. The largest absolute Gasteiger partial charge is 0.301 e. The number of nitrogens with zero attached hydrogens (tertiary/aromatic N) is 4. The number of hydrogen-bond donors (Lipinski definition) is 0. The van der Waals surface area contributed by atoms with Gasteiger partial charge >= 0.3 is 0 Å². The summed E-state index contributed by atoms with van der Waals surface area (Å²) in [5.74, 6) is 0.0197. The Kier molecular flexibility index (Phi) is 4.90. The van der Waals surface area contributed by atoms with Crippen molar-refractivity contribution in [1.82, 2.24) is 9.80 Å². The summed E-state index contributed by atoms with van der Waals surface area (Å²) in [6.45, 7) is 2.81. The molecule has 5 nitrogen and oxygen atoms in total. The van der Waals surface area contributed by atoms with Gasteiger partial charge in [0, 0.05) is 32.7 Å². The van der Waals surface area contributed by atoms with E-state index in [2.05, 4.69) is 11.0 Å². The predicted octanol–water partition coefficient (Wildman–Crippen LogP) is 1.61. The first-order valence-electron chi connectivity index (χ1n) is 7.63. The second kappa shape index (κ2) is 6.91. The fourth-order valence-corrected chi connectivity index (χ4v) is 4.14. The average Bonchev–Trinajstić information content (AvgIpc) is 3.13. The summed E-state index contributed by atoms with van der Waals surface area (Å²) in [7, 11) is 0. The molecule has 1 aromatic heterocycles. The van der Waals surface area contributed by atoms with Crippen LogP contribution in [0.3, 0.4) is 0 Å². The molecule has 3 heterocycles. The topological polar surface area (TPSA) is 50.6 Å². The van der Waals surface area contributed by atoms with Crippen LogP contribution in [-0.4, -0.2) is 67.4 Å². The summed E-state index contributed by atoms with van der Waals surface area (Å²) in [6.07, 6.45) is -1.59. The standard InChI is InChI=1S/C15H18F2N4OS/c16-13(17)10-19-4-6-20(7-5-19)12-1-3-21(14(12)22)15-11(9-18)2-8-23-15/h2,8,12-13H,1,3-7,10H2/t12-/m0/s1. The first kappa shape index (κ1) is 16.3. The predicted molar refractivity (Wildman–Crippen MR) is 83.8 cm³/mol. The van der Waals surface area contributed by atoms with Gasteiger partial charge < -0.3 is 4.90 Å². The monoisotopic (exact) mass is 340 g/mol. The lowest BCUT2D eigenvalue weighted by Crippen LogP contribution is -2.53. The third-order valence-electron chi connectivity index (χ3n) is 4.43. The van der Waals surface area contributed by atoms with E-state index in [0.717, 1.165) is 11.4 Å². The lowest BCUT2D eigenvalue weighted by atomic mass is 10.2. The number of carbonyl (C=O) groups is 1. The Balaban J connectivity index is 1.61. The molecule has 0 spiro atoms. The van der Waals surface area contributed by atoms with Crippen molar-refractivity contribution in [3.63, 3.8) is 0 Å². The lowest BCUT2D eigenvalue weighted by Gasteiger charge is -2.37. The van der Waals surface area contributed by atoms with Crippen molar-refractivity contribution < 1.29 is 13.6 Å². The Morgan fingerprint density at radius 1 is 1.30 bits per heavy atom. The second-order valence-corrected chi connectivity index (χ2v) is 6.67. The summed E-state index contributed by atoms with van der Waals surface area (Å²) in [5.41, 5.74) is 0.533. The molecule has 0 radical (unpaired) electrons. The molecule has 1 amide bonds. The van der Waals surface area contributed by atoms with Crippen molar-refractivity contribution >= 4 is 22.2 Å². The number of nitriles is 1. The molecule has 1 atom stereocenters. The number of carbonyl (C=O) groups excluding carboxylic acids is 1. The van der Waals surface area contributed by atoms with Gasteiger partial charge in [-0.05, 0) is 17.9 Å². The number of anilines is 1. The van der Waals surface area contributed by atoms with Gasteiger partial charge in [0.05, 0.1) is 18.2 Å². The second-order valence-electron chi connectivity index (χ2n) is 5.77. The molecule has 0 bridgehead atoms. The van der Waals surface area contributed by atoms with E-state index >= 15 is 0 Å². The molecular weight excluding hydrogens is 322 g/mol. The Labute approximate surface area is 137 Å². The number of hydrogen-bond acceptors (Lipinski definition) is 5. The molecule has 3 rings (SSSR count). The van der Waals surface area contributed by atoms with Gasteiger partial charge in [-0.2, -0.15) is 5.26 Å². The summed E-state index contributed by atoms with van der Waals surface area (Å²) in [6, 6.07) is 3.65. The normalized spacial score (nSPS) is 23.7. The fourth-order valence-electron chi connectivity index (χ4n) is 3.25. The van der Waals surface area contributed by atoms with Gasteiger partial charge in [0.1, 0.15) is 11.1 Å². The van der Waals surface area contributed by atoms with Crippen molar-refractivity contribution in [2.24, 2.45) is 0 Å². The average molecular weight is 340 g/mol. The van der Waals surface area contributed by atoms with Gasteiger partial charge in [-0.1, -0.05) is 0 Å². The van der Waals surface area contributed by atoms with Gasteiger partial charge in [-0.25, -0.2) is 8.78 Å². The SMILES string of the molecule is N#Cc1ccsc1N1CC[C@H](N2CCN(CC(F)F)CC2)C1=O. The molecular formula is C15H18F2N4OS. The molecule has 0 aliphatic carbocycles. The van der Waals surface area contributed by atoms with Crippen LogP contribution < -0.4 is 4.90 Å². The zero-order valence-electron chi connectivity index (χ0n) is 12.6. The molecule has 2 fully saturated rings. The summed E-state index contributed by atoms with van der Waals surface area (Å²) < 4.78 is 24.8. The number of thiophene rings is 1. The molecule has 2 aliphatic rings. The Bertz CT molecular complexity index is 607. The van der Waals surface area contributed by atoms with E-state index in [1.807, 2.05) is 5.38 Å². The Hall–Kier alpha value is -1.56. The number of rotatable bonds is 4. The highest BCUT2D eigenvalue weighted by atomic mass is 32.1. The Morgan fingerprint density at radius 3 is 2.70 bits per heavy atom.